The van der Waals surface area contributed by atoms with Gasteiger partial charge in [0.15, 0.2) is 0 Å². The molecule has 8 nitrogen and oxygen atoms in total. The molecule has 1 aliphatic heterocycles. The van der Waals surface area contributed by atoms with Crippen molar-refractivity contribution < 1.29 is 27.4 Å². The van der Waals surface area contributed by atoms with E-state index in [1.165, 1.54) is 29.6 Å². The normalized spacial score (nSPS) is 16.2. The third-order valence-electron chi connectivity index (χ3n) is 6.05. The van der Waals surface area contributed by atoms with Gasteiger partial charge in [-0.2, -0.15) is 4.31 Å². The van der Waals surface area contributed by atoms with Crippen molar-refractivity contribution in [3.8, 4) is 17.2 Å². The van der Waals surface area contributed by atoms with Crippen molar-refractivity contribution in [1.29, 1.82) is 0 Å². The van der Waals surface area contributed by atoms with E-state index >= 15 is 0 Å². The number of carbonyl (C=O) groups excluding carboxylic acids is 1. The van der Waals surface area contributed by atoms with Crippen molar-refractivity contribution in [2.45, 2.75) is 37.6 Å². The van der Waals surface area contributed by atoms with Gasteiger partial charge in [0.2, 0.25) is 10.0 Å². The number of rotatable bonds is 8. The Bertz CT molecular complexity index is 1090. The molecule has 0 saturated carbocycles. The number of carbonyl (C=O) groups is 1. The standard InChI is InChI=1S/C24H32N2O6S/c1-16-10-12-26(13-11-16)33(28,29)19-7-9-23(32-5)21(15-19)24(27)25-17(2)20-14-18(30-3)6-8-22(20)31-4/h6-9,14-17H,10-13H2,1-5H3,(H,25,27)/t17-/m0/s1. The lowest BCUT2D eigenvalue weighted by atomic mass is 10.0. The van der Waals surface area contributed by atoms with E-state index < -0.39 is 22.0 Å². The molecule has 0 bridgehead atoms. The first-order chi connectivity index (χ1) is 15.7. The molecule has 180 valence electrons. The number of benzene rings is 2. The molecular formula is C24H32N2O6S. The minimum Gasteiger partial charge on any atom is -0.497 e. The van der Waals surface area contributed by atoms with Crippen LogP contribution < -0.4 is 19.5 Å². The summed E-state index contributed by atoms with van der Waals surface area (Å²) in [6.07, 6.45) is 1.64. The average molecular weight is 477 g/mol. The number of methoxy groups -OCH3 is 3. The molecule has 3 rings (SSSR count). The monoisotopic (exact) mass is 476 g/mol. The van der Waals surface area contributed by atoms with Gasteiger partial charge < -0.3 is 19.5 Å². The molecule has 0 radical (unpaired) electrons. The molecule has 0 unspecified atom stereocenters. The van der Waals surface area contributed by atoms with Gasteiger partial charge in [-0.15, -0.1) is 0 Å². The van der Waals surface area contributed by atoms with Crippen molar-refractivity contribution in [3.05, 3.63) is 47.5 Å². The second kappa shape index (κ2) is 10.4. The van der Waals surface area contributed by atoms with E-state index in [2.05, 4.69) is 12.2 Å². The summed E-state index contributed by atoms with van der Waals surface area (Å²) in [5.41, 5.74) is 0.882. The highest BCUT2D eigenvalue weighted by molar-refractivity contribution is 7.89. The second-order valence-corrected chi connectivity index (χ2v) is 10.2. The Morgan fingerprint density at radius 1 is 1.00 bits per heavy atom. The highest BCUT2D eigenvalue weighted by Crippen LogP contribution is 2.31. The van der Waals surface area contributed by atoms with Crippen molar-refractivity contribution in [2.24, 2.45) is 5.92 Å². The molecule has 2 aromatic carbocycles. The van der Waals surface area contributed by atoms with Crippen LogP contribution in [0.1, 0.15) is 48.7 Å². The molecule has 2 aromatic rings. The summed E-state index contributed by atoms with van der Waals surface area (Å²) in [6.45, 7) is 4.89. The zero-order valence-corrected chi connectivity index (χ0v) is 20.6. The summed E-state index contributed by atoms with van der Waals surface area (Å²) >= 11 is 0. The zero-order valence-electron chi connectivity index (χ0n) is 19.8. The van der Waals surface area contributed by atoms with Crippen LogP contribution in [0.5, 0.6) is 17.2 Å². The fraction of sp³-hybridized carbons (Fsp3) is 0.458. The van der Waals surface area contributed by atoms with Gasteiger partial charge in [-0.3, -0.25) is 4.79 Å². The first kappa shape index (κ1) is 24.9. The van der Waals surface area contributed by atoms with E-state index in [4.69, 9.17) is 14.2 Å². The molecule has 1 heterocycles. The molecule has 0 spiro atoms. The van der Waals surface area contributed by atoms with E-state index in [0.29, 0.717) is 36.3 Å². The maximum absolute atomic E-state index is 13.2. The van der Waals surface area contributed by atoms with Crippen LogP contribution >= 0.6 is 0 Å². The maximum Gasteiger partial charge on any atom is 0.255 e. The van der Waals surface area contributed by atoms with Gasteiger partial charge in [0.25, 0.3) is 5.91 Å². The largest absolute Gasteiger partial charge is 0.497 e. The van der Waals surface area contributed by atoms with Crippen LogP contribution in [0.3, 0.4) is 0 Å². The van der Waals surface area contributed by atoms with E-state index in [9.17, 15) is 13.2 Å². The molecule has 0 aromatic heterocycles. The SMILES string of the molecule is COc1ccc(OC)c([C@H](C)NC(=O)c2cc(S(=O)(=O)N3CCC(C)CC3)ccc2OC)c1. The number of piperidine rings is 1. The first-order valence-corrected chi connectivity index (χ1v) is 12.4. The fourth-order valence-corrected chi connectivity index (χ4v) is 5.43. The van der Waals surface area contributed by atoms with Crippen LogP contribution in [-0.2, 0) is 10.0 Å². The zero-order chi connectivity index (χ0) is 24.2. The minimum atomic E-state index is -3.71. The topological polar surface area (TPSA) is 94.2 Å². The van der Waals surface area contributed by atoms with Gasteiger partial charge in [0.05, 0.1) is 37.8 Å². The van der Waals surface area contributed by atoms with Gasteiger partial charge in [-0.25, -0.2) is 8.42 Å². The third kappa shape index (κ3) is 5.42. The number of hydrogen-bond donors (Lipinski definition) is 1. The molecule has 1 aliphatic rings. The summed E-state index contributed by atoms with van der Waals surface area (Å²) in [5, 5.41) is 2.91. The minimum absolute atomic E-state index is 0.0783. The van der Waals surface area contributed by atoms with Crippen LogP contribution in [0, 0.1) is 5.92 Å². The number of ether oxygens (including phenoxy) is 3. The van der Waals surface area contributed by atoms with Gasteiger partial charge >= 0.3 is 0 Å². The summed E-state index contributed by atoms with van der Waals surface area (Å²) in [6, 6.07) is 9.29. The lowest BCUT2D eigenvalue weighted by molar-refractivity contribution is 0.0936. The number of hydrogen-bond acceptors (Lipinski definition) is 6. The van der Waals surface area contributed by atoms with Crippen molar-refractivity contribution >= 4 is 15.9 Å². The van der Waals surface area contributed by atoms with Gasteiger partial charge in [-0.05, 0) is 62.1 Å². The highest BCUT2D eigenvalue weighted by Gasteiger charge is 2.29. The molecular weight excluding hydrogens is 444 g/mol. The predicted molar refractivity (Wildman–Crippen MR) is 126 cm³/mol. The smallest absolute Gasteiger partial charge is 0.255 e. The van der Waals surface area contributed by atoms with Crippen molar-refractivity contribution in [1.82, 2.24) is 9.62 Å². The van der Waals surface area contributed by atoms with Crippen LogP contribution in [0.2, 0.25) is 0 Å². The van der Waals surface area contributed by atoms with Gasteiger partial charge in [0.1, 0.15) is 17.2 Å². The van der Waals surface area contributed by atoms with E-state index in [0.717, 1.165) is 18.4 Å². The van der Waals surface area contributed by atoms with Crippen molar-refractivity contribution in [2.75, 3.05) is 34.4 Å². The number of nitrogens with zero attached hydrogens (tertiary/aromatic N) is 1. The Balaban J connectivity index is 1.89. The molecule has 1 N–H and O–H groups in total. The van der Waals surface area contributed by atoms with Crippen LogP contribution in [0.15, 0.2) is 41.3 Å². The summed E-state index contributed by atoms with van der Waals surface area (Å²) < 4.78 is 43.9. The first-order valence-electron chi connectivity index (χ1n) is 10.9. The highest BCUT2D eigenvalue weighted by atomic mass is 32.2. The quantitative estimate of drug-likeness (QED) is 0.625. The van der Waals surface area contributed by atoms with E-state index in [1.54, 1.807) is 32.4 Å². The predicted octanol–water partition coefficient (Wildman–Crippen LogP) is 3.62. The Kier molecular flexibility index (Phi) is 7.86. The Hall–Kier alpha value is -2.78. The van der Waals surface area contributed by atoms with Crippen LogP contribution in [-0.4, -0.2) is 53.0 Å². The molecule has 1 atom stereocenters. The van der Waals surface area contributed by atoms with Gasteiger partial charge in [0, 0.05) is 18.7 Å². The fourth-order valence-electron chi connectivity index (χ4n) is 3.93. The summed E-state index contributed by atoms with van der Waals surface area (Å²) in [5.74, 6) is 1.58. The molecule has 33 heavy (non-hydrogen) atoms. The molecule has 1 amide bonds. The van der Waals surface area contributed by atoms with Crippen LogP contribution in [0.4, 0.5) is 0 Å². The lowest BCUT2D eigenvalue weighted by Crippen LogP contribution is -2.38. The Morgan fingerprint density at radius 2 is 1.64 bits per heavy atom. The molecule has 9 heteroatoms. The molecule has 1 saturated heterocycles. The maximum atomic E-state index is 13.2. The molecule has 1 fully saturated rings. The number of nitrogens with one attached hydrogen (secondary N) is 1. The average Bonchev–Trinajstić information content (AvgIpc) is 2.83. The van der Waals surface area contributed by atoms with E-state index in [1.807, 2.05) is 6.92 Å². The molecule has 0 aliphatic carbocycles. The van der Waals surface area contributed by atoms with Crippen molar-refractivity contribution in [3.63, 3.8) is 0 Å². The summed E-state index contributed by atoms with van der Waals surface area (Å²) in [7, 11) is 0.858. The van der Waals surface area contributed by atoms with Crippen LogP contribution in [0.25, 0.3) is 0 Å². The summed E-state index contributed by atoms with van der Waals surface area (Å²) in [4.78, 5) is 13.3. The lowest BCUT2D eigenvalue weighted by Gasteiger charge is -2.29. The Morgan fingerprint density at radius 3 is 2.24 bits per heavy atom. The number of sulfonamides is 1. The second-order valence-electron chi connectivity index (χ2n) is 8.25. The third-order valence-corrected chi connectivity index (χ3v) is 7.94. The van der Waals surface area contributed by atoms with E-state index in [-0.39, 0.29) is 10.5 Å². The number of amides is 1. The van der Waals surface area contributed by atoms with Gasteiger partial charge in [-0.1, -0.05) is 6.92 Å². The Labute approximate surface area is 195 Å².